The van der Waals surface area contributed by atoms with E-state index in [-0.39, 0.29) is 29.9 Å². The fourth-order valence-corrected chi connectivity index (χ4v) is 3.12. The monoisotopic (exact) mass is 322 g/mol. The zero-order chi connectivity index (χ0) is 17.0. The molecule has 1 aromatic carbocycles. The molecule has 128 valence electrons. The molecule has 1 heterocycles. The highest BCUT2D eigenvalue weighted by atomic mass is 19.1. The second-order valence-corrected chi connectivity index (χ2v) is 6.57. The molecule has 2 rings (SSSR count). The van der Waals surface area contributed by atoms with Crippen molar-refractivity contribution >= 4 is 5.91 Å². The highest BCUT2D eigenvalue weighted by Crippen LogP contribution is 2.22. The Morgan fingerprint density at radius 1 is 1.22 bits per heavy atom. The Hall–Kier alpha value is -1.46. The molecule has 0 bridgehead atoms. The highest BCUT2D eigenvalue weighted by molar-refractivity contribution is 5.81. The van der Waals surface area contributed by atoms with Crippen molar-refractivity contribution in [1.29, 1.82) is 0 Å². The molecule has 1 aromatic rings. The van der Waals surface area contributed by atoms with E-state index in [0.29, 0.717) is 5.92 Å². The largest absolute Gasteiger partial charge is 0.393 e. The van der Waals surface area contributed by atoms with Gasteiger partial charge in [0.15, 0.2) is 0 Å². The Labute approximate surface area is 137 Å². The fourth-order valence-electron chi connectivity index (χ4n) is 3.12. The molecule has 1 aliphatic heterocycles. The number of amides is 1. The molecule has 0 radical (unpaired) electrons. The number of carbonyl (C=O) groups excluding carboxylic acids is 1. The smallest absolute Gasteiger partial charge is 0.237 e. The van der Waals surface area contributed by atoms with Gasteiger partial charge in [0.25, 0.3) is 0 Å². The molecule has 5 heteroatoms. The molecular formula is C18H27FN2O2. The van der Waals surface area contributed by atoms with Crippen LogP contribution in [0.15, 0.2) is 24.3 Å². The minimum atomic E-state index is -0.278. The summed E-state index contributed by atoms with van der Waals surface area (Å²) >= 11 is 0. The first kappa shape index (κ1) is 17.9. The normalized spacial score (nSPS) is 20.7. The quantitative estimate of drug-likeness (QED) is 0.876. The third-order valence-corrected chi connectivity index (χ3v) is 4.91. The summed E-state index contributed by atoms with van der Waals surface area (Å²) in [6.07, 6.45) is 1.56. The van der Waals surface area contributed by atoms with Gasteiger partial charge in [-0.3, -0.25) is 9.69 Å². The second-order valence-electron chi connectivity index (χ2n) is 6.57. The Morgan fingerprint density at radius 2 is 1.78 bits per heavy atom. The van der Waals surface area contributed by atoms with Crippen molar-refractivity contribution < 1.29 is 14.3 Å². The molecule has 1 aliphatic rings. The van der Waals surface area contributed by atoms with Gasteiger partial charge in [0.1, 0.15) is 5.82 Å². The first-order valence-electron chi connectivity index (χ1n) is 8.36. The predicted molar refractivity (Wildman–Crippen MR) is 88.4 cm³/mol. The average Bonchev–Trinajstić information content (AvgIpc) is 2.54. The number of halogens is 1. The summed E-state index contributed by atoms with van der Waals surface area (Å²) in [6.45, 7) is 7.30. The number of rotatable bonds is 5. The molecule has 0 aliphatic carbocycles. The van der Waals surface area contributed by atoms with Crippen LogP contribution < -0.4 is 5.32 Å². The number of hydrogen-bond donors (Lipinski definition) is 2. The van der Waals surface area contributed by atoms with Gasteiger partial charge in [0, 0.05) is 0 Å². The number of aliphatic hydroxyl groups excluding tert-OH is 1. The molecule has 0 aromatic heterocycles. The minimum absolute atomic E-state index is 0.0164. The third-order valence-electron chi connectivity index (χ3n) is 4.91. The van der Waals surface area contributed by atoms with Crippen LogP contribution in [0.4, 0.5) is 4.39 Å². The number of nitrogens with zero attached hydrogens (tertiary/aromatic N) is 1. The number of hydrogen-bond acceptors (Lipinski definition) is 3. The summed E-state index contributed by atoms with van der Waals surface area (Å²) in [7, 11) is 0. The highest BCUT2D eigenvalue weighted by Gasteiger charge is 2.28. The van der Waals surface area contributed by atoms with Crippen molar-refractivity contribution in [3.63, 3.8) is 0 Å². The number of nitrogens with one attached hydrogen (secondary N) is 1. The zero-order valence-electron chi connectivity index (χ0n) is 14.1. The molecule has 1 fully saturated rings. The van der Waals surface area contributed by atoms with Gasteiger partial charge in [0.05, 0.1) is 18.2 Å². The second kappa shape index (κ2) is 7.88. The van der Waals surface area contributed by atoms with E-state index in [1.54, 1.807) is 12.1 Å². The van der Waals surface area contributed by atoms with Crippen LogP contribution >= 0.6 is 0 Å². The topological polar surface area (TPSA) is 52.6 Å². The van der Waals surface area contributed by atoms with Gasteiger partial charge in [0.2, 0.25) is 5.91 Å². The maximum Gasteiger partial charge on any atom is 0.237 e. The summed E-state index contributed by atoms with van der Waals surface area (Å²) in [5, 5.41) is 12.6. The predicted octanol–water partition coefficient (Wildman–Crippen LogP) is 2.48. The number of piperidine rings is 1. The van der Waals surface area contributed by atoms with Gasteiger partial charge in [-0.15, -0.1) is 0 Å². The Balaban J connectivity index is 1.86. The zero-order valence-corrected chi connectivity index (χ0v) is 14.1. The van der Waals surface area contributed by atoms with Crippen molar-refractivity contribution in [2.75, 3.05) is 13.1 Å². The van der Waals surface area contributed by atoms with E-state index in [1.807, 2.05) is 20.8 Å². The lowest BCUT2D eigenvalue weighted by Gasteiger charge is -2.36. The van der Waals surface area contributed by atoms with Crippen LogP contribution in [0, 0.1) is 11.7 Å². The van der Waals surface area contributed by atoms with Gasteiger partial charge in [-0.2, -0.15) is 0 Å². The molecule has 0 spiro atoms. The lowest BCUT2D eigenvalue weighted by atomic mass is 9.91. The van der Waals surface area contributed by atoms with Crippen LogP contribution in [0.3, 0.4) is 0 Å². The van der Waals surface area contributed by atoms with Crippen molar-refractivity contribution in [2.45, 2.75) is 51.8 Å². The number of carbonyl (C=O) groups is 1. The fraction of sp³-hybridized carbons (Fsp3) is 0.611. The SMILES string of the molecule is CC(NC(=O)C(C)N1CCC(C(C)O)CC1)c1ccc(F)cc1. The molecule has 3 unspecified atom stereocenters. The van der Waals surface area contributed by atoms with Crippen LogP contribution in [0.5, 0.6) is 0 Å². The standard InChI is InChI=1S/C18H27FN2O2/c1-12(15-4-6-17(19)7-5-15)20-18(23)13(2)21-10-8-16(9-11-21)14(3)22/h4-7,12-14,16,22H,8-11H2,1-3H3,(H,20,23). The summed E-state index contributed by atoms with van der Waals surface area (Å²) in [4.78, 5) is 14.6. The number of aliphatic hydroxyl groups is 1. The molecule has 1 amide bonds. The summed E-state index contributed by atoms with van der Waals surface area (Å²) < 4.78 is 13.0. The lowest BCUT2D eigenvalue weighted by Crippen LogP contribution is -2.49. The molecule has 4 nitrogen and oxygen atoms in total. The minimum Gasteiger partial charge on any atom is -0.393 e. The van der Waals surface area contributed by atoms with E-state index in [4.69, 9.17) is 0 Å². The molecule has 2 N–H and O–H groups in total. The van der Waals surface area contributed by atoms with E-state index in [1.165, 1.54) is 12.1 Å². The maximum absolute atomic E-state index is 13.0. The first-order valence-corrected chi connectivity index (χ1v) is 8.36. The third kappa shape index (κ3) is 4.75. The Bertz CT molecular complexity index is 510. The van der Waals surface area contributed by atoms with E-state index in [9.17, 15) is 14.3 Å². The van der Waals surface area contributed by atoms with Crippen LogP contribution in [0.1, 0.15) is 45.2 Å². The molecule has 1 saturated heterocycles. The molecular weight excluding hydrogens is 295 g/mol. The van der Waals surface area contributed by atoms with E-state index < -0.39 is 0 Å². The van der Waals surface area contributed by atoms with E-state index in [2.05, 4.69) is 10.2 Å². The van der Waals surface area contributed by atoms with Crippen molar-refractivity contribution in [3.8, 4) is 0 Å². The summed E-state index contributed by atoms with van der Waals surface area (Å²) in [5.74, 6) is 0.0404. The average molecular weight is 322 g/mol. The maximum atomic E-state index is 13.0. The van der Waals surface area contributed by atoms with Crippen molar-refractivity contribution in [1.82, 2.24) is 10.2 Å². The molecule has 3 atom stereocenters. The molecule has 0 saturated carbocycles. The van der Waals surface area contributed by atoms with Crippen molar-refractivity contribution in [3.05, 3.63) is 35.6 Å². The van der Waals surface area contributed by atoms with Gasteiger partial charge < -0.3 is 10.4 Å². The first-order chi connectivity index (χ1) is 10.9. The van der Waals surface area contributed by atoms with Gasteiger partial charge in [-0.25, -0.2) is 4.39 Å². The lowest BCUT2D eigenvalue weighted by molar-refractivity contribution is -0.127. The molecule has 23 heavy (non-hydrogen) atoms. The van der Waals surface area contributed by atoms with Crippen LogP contribution in [-0.4, -0.2) is 41.1 Å². The number of likely N-dealkylation sites (tertiary alicyclic amines) is 1. The van der Waals surface area contributed by atoms with Crippen LogP contribution in [0.2, 0.25) is 0 Å². The summed E-state index contributed by atoms with van der Waals surface area (Å²) in [5.41, 5.74) is 0.889. The van der Waals surface area contributed by atoms with Gasteiger partial charge in [-0.1, -0.05) is 12.1 Å². The number of benzene rings is 1. The van der Waals surface area contributed by atoms with Crippen molar-refractivity contribution in [2.24, 2.45) is 5.92 Å². The Morgan fingerprint density at radius 3 is 2.30 bits per heavy atom. The van der Waals surface area contributed by atoms with Gasteiger partial charge in [-0.05, 0) is 70.3 Å². The van der Waals surface area contributed by atoms with Crippen LogP contribution in [0.25, 0.3) is 0 Å². The van der Waals surface area contributed by atoms with Crippen LogP contribution in [-0.2, 0) is 4.79 Å². The van der Waals surface area contributed by atoms with Gasteiger partial charge >= 0.3 is 0 Å². The Kier molecular flexibility index (Phi) is 6.13. The summed E-state index contributed by atoms with van der Waals surface area (Å²) in [6, 6.07) is 5.84. The van der Waals surface area contributed by atoms with E-state index >= 15 is 0 Å². The van der Waals surface area contributed by atoms with E-state index in [0.717, 1.165) is 31.5 Å².